The summed E-state index contributed by atoms with van der Waals surface area (Å²) < 4.78 is 5.75. The number of amides is 1. The lowest BCUT2D eigenvalue weighted by atomic mass is 9.94. The average Bonchev–Trinajstić information content (AvgIpc) is 2.75. The maximum atomic E-state index is 13.1. The molecule has 0 radical (unpaired) electrons. The second-order valence-electron chi connectivity index (χ2n) is 6.55. The van der Waals surface area contributed by atoms with Crippen LogP contribution in [0, 0.1) is 0 Å². The van der Waals surface area contributed by atoms with Crippen LogP contribution in [0.3, 0.4) is 0 Å². The zero-order chi connectivity index (χ0) is 20.8. The summed E-state index contributed by atoms with van der Waals surface area (Å²) in [7, 11) is 1.34. The molecular formula is C23H22BrNO3S. The summed E-state index contributed by atoms with van der Waals surface area (Å²) in [6, 6.07) is 19.0. The molecule has 0 saturated heterocycles. The van der Waals surface area contributed by atoms with Gasteiger partial charge < -0.3 is 10.1 Å². The van der Waals surface area contributed by atoms with Crippen LogP contribution >= 0.6 is 27.7 Å². The molecule has 0 aliphatic heterocycles. The lowest BCUT2D eigenvalue weighted by Crippen LogP contribution is -2.42. The van der Waals surface area contributed by atoms with E-state index in [9.17, 15) is 9.59 Å². The fourth-order valence-electron chi connectivity index (χ4n) is 3.26. The number of nitrogens with one attached hydrogen (secondary N) is 1. The molecule has 1 N–H and O–H groups in total. The van der Waals surface area contributed by atoms with E-state index in [1.165, 1.54) is 7.11 Å². The van der Waals surface area contributed by atoms with Gasteiger partial charge in [0.15, 0.2) is 0 Å². The van der Waals surface area contributed by atoms with E-state index in [4.69, 9.17) is 4.74 Å². The van der Waals surface area contributed by atoms with E-state index >= 15 is 0 Å². The number of carbonyl (C=O) groups is 2. The molecule has 0 saturated carbocycles. The summed E-state index contributed by atoms with van der Waals surface area (Å²) in [5, 5.41) is 5.02. The number of hydrogen-bond acceptors (Lipinski definition) is 4. The van der Waals surface area contributed by atoms with Gasteiger partial charge in [-0.1, -0.05) is 58.4 Å². The van der Waals surface area contributed by atoms with Gasteiger partial charge in [-0.15, -0.1) is 0 Å². The molecule has 0 unspecified atom stereocenters. The first-order chi connectivity index (χ1) is 14.0. The molecule has 0 aliphatic rings. The highest BCUT2D eigenvalue weighted by Crippen LogP contribution is 2.33. The number of hydrogen-bond donors (Lipinski definition) is 1. The number of fused-ring (bicyclic) bond motifs is 1. The van der Waals surface area contributed by atoms with E-state index < -0.39 is 12.0 Å². The SMILES string of the molecule is COC(=O)[C@H](CCSC)NC(=O)c1ccc(Br)cc1-c1cccc2ccccc12. The van der Waals surface area contributed by atoms with Crippen LogP contribution in [0.4, 0.5) is 0 Å². The van der Waals surface area contributed by atoms with Gasteiger partial charge in [-0.25, -0.2) is 4.79 Å². The summed E-state index contributed by atoms with van der Waals surface area (Å²) in [5.41, 5.74) is 2.29. The minimum absolute atomic E-state index is 0.295. The monoisotopic (exact) mass is 471 g/mol. The van der Waals surface area contributed by atoms with Crippen molar-refractivity contribution in [3.05, 3.63) is 70.7 Å². The van der Waals surface area contributed by atoms with Gasteiger partial charge in [0.05, 0.1) is 7.11 Å². The first-order valence-corrected chi connectivity index (χ1v) is 11.4. The number of carbonyl (C=O) groups excluding carboxylic acids is 2. The van der Waals surface area contributed by atoms with Crippen LogP contribution in [0.15, 0.2) is 65.1 Å². The van der Waals surface area contributed by atoms with E-state index in [0.717, 1.165) is 32.1 Å². The Labute approximate surface area is 183 Å². The summed E-state index contributed by atoms with van der Waals surface area (Å²) in [4.78, 5) is 25.3. The lowest BCUT2D eigenvalue weighted by Gasteiger charge is -2.18. The molecule has 6 heteroatoms. The third kappa shape index (κ3) is 5.00. The second-order valence-corrected chi connectivity index (χ2v) is 8.45. The quantitative estimate of drug-likeness (QED) is 0.475. The van der Waals surface area contributed by atoms with Crippen molar-refractivity contribution in [3.63, 3.8) is 0 Å². The molecule has 0 bridgehead atoms. The van der Waals surface area contributed by atoms with Gasteiger partial charge in [-0.05, 0) is 58.5 Å². The predicted molar refractivity (Wildman–Crippen MR) is 123 cm³/mol. The van der Waals surface area contributed by atoms with Gasteiger partial charge in [0.1, 0.15) is 6.04 Å². The Kier molecular flexibility index (Phi) is 7.34. The fraction of sp³-hybridized carbons (Fsp3) is 0.217. The van der Waals surface area contributed by atoms with Gasteiger partial charge in [-0.2, -0.15) is 11.8 Å². The summed E-state index contributed by atoms with van der Waals surface area (Å²) in [6.45, 7) is 0. The van der Waals surface area contributed by atoms with Crippen molar-refractivity contribution < 1.29 is 14.3 Å². The highest BCUT2D eigenvalue weighted by Gasteiger charge is 2.23. The van der Waals surface area contributed by atoms with Gasteiger partial charge in [0.2, 0.25) is 0 Å². The molecule has 4 nitrogen and oxygen atoms in total. The zero-order valence-electron chi connectivity index (χ0n) is 16.3. The standard InChI is InChI=1S/C23H22BrNO3S/c1-28-23(27)21(12-13-29-2)25-22(26)19-11-10-16(24)14-20(19)18-9-5-7-15-6-3-4-8-17(15)18/h3-11,14,21H,12-13H2,1-2H3,(H,25,26)/t21-/m0/s1. The molecule has 1 amide bonds. The topological polar surface area (TPSA) is 55.4 Å². The van der Waals surface area contributed by atoms with Crippen LogP contribution in [-0.4, -0.2) is 37.0 Å². The molecule has 150 valence electrons. The van der Waals surface area contributed by atoms with Crippen LogP contribution in [0.25, 0.3) is 21.9 Å². The van der Waals surface area contributed by atoms with Crippen molar-refractivity contribution >= 4 is 50.3 Å². The molecule has 3 aromatic carbocycles. The number of benzene rings is 3. The highest BCUT2D eigenvalue weighted by molar-refractivity contribution is 9.10. The first kappa shape index (κ1) is 21.4. The minimum Gasteiger partial charge on any atom is -0.467 e. The largest absolute Gasteiger partial charge is 0.467 e. The van der Waals surface area contributed by atoms with Crippen LogP contribution in [0.2, 0.25) is 0 Å². The van der Waals surface area contributed by atoms with Crippen molar-refractivity contribution in [2.24, 2.45) is 0 Å². The van der Waals surface area contributed by atoms with Crippen LogP contribution in [0.1, 0.15) is 16.8 Å². The van der Waals surface area contributed by atoms with E-state index in [-0.39, 0.29) is 5.91 Å². The Morgan fingerprint density at radius 3 is 2.59 bits per heavy atom. The molecule has 0 aromatic heterocycles. The Morgan fingerprint density at radius 1 is 1.07 bits per heavy atom. The predicted octanol–water partition coefficient (Wildman–Crippen LogP) is 5.29. The lowest BCUT2D eigenvalue weighted by molar-refractivity contribution is -0.142. The van der Waals surface area contributed by atoms with Gasteiger partial charge in [0, 0.05) is 10.0 Å². The normalized spacial score (nSPS) is 11.8. The Bertz CT molecular complexity index is 1030. The summed E-state index contributed by atoms with van der Waals surface area (Å²) in [5.74, 6) is 0.0180. The van der Waals surface area contributed by atoms with Crippen molar-refractivity contribution in [1.82, 2.24) is 5.32 Å². The Morgan fingerprint density at radius 2 is 1.83 bits per heavy atom. The first-order valence-electron chi connectivity index (χ1n) is 9.20. The van der Waals surface area contributed by atoms with E-state index in [2.05, 4.69) is 21.2 Å². The number of halogens is 1. The van der Waals surface area contributed by atoms with Gasteiger partial charge >= 0.3 is 5.97 Å². The van der Waals surface area contributed by atoms with Crippen LogP contribution in [-0.2, 0) is 9.53 Å². The smallest absolute Gasteiger partial charge is 0.328 e. The van der Waals surface area contributed by atoms with Gasteiger partial charge in [0.25, 0.3) is 5.91 Å². The van der Waals surface area contributed by atoms with Crippen molar-refractivity contribution in [3.8, 4) is 11.1 Å². The molecular weight excluding hydrogens is 450 g/mol. The number of rotatable bonds is 7. The van der Waals surface area contributed by atoms with Crippen LogP contribution < -0.4 is 5.32 Å². The van der Waals surface area contributed by atoms with Crippen molar-refractivity contribution in [2.75, 3.05) is 19.1 Å². The molecule has 0 heterocycles. The Hall–Kier alpha value is -2.31. The molecule has 0 aliphatic carbocycles. The summed E-state index contributed by atoms with van der Waals surface area (Å²) in [6.07, 6.45) is 2.48. The van der Waals surface area contributed by atoms with Crippen molar-refractivity contribution in [1.29, 1.82) is 0 Å². The number of thioether (sulfide) groups is 1. The van der Waals surface area contributed by atoms with E-state index in [1.807, 2.05) is 60.9 Å². The van der Waals surface area contributed by atoms with Crippen LogP contribution in [0.5, 0.6) is 0 Å². The highest BCUT2D eigenvalue weighted by atomic mass is 79.9. The third-order valence-corrected chi connectivity index (χ3v) is 5.84. The Balaban J connectivity index is 2.02. The second kappa shape index (κ2) is 9.94. The molecule has 3 rings (SSSR count). The molecule has 0 fully saturated rings. The molecule has 0 spiro atoms. The molecule has 3 aromatic rings. The molecule has 29 heavy (non-hydrogen) atoms. The number of ether oxygens (including phenoxy) is 1. The maximum absolute atomic E-state index is 13.1. The zero-order valence-corrected chi connectivity index (χ0v) is 18.7. The maximum Gasteiger partial charge on any atom is 0.328 e. The molecule has 1 atom stereocenters. The third-order valence-electron chi connectivity index (χ3n) is 4.71. The van der Waals surface area contributed by atoms with E-state index in [1.54, 1.807) is 17.8 Å². The van der Waals surface area contributed by atoms with E-state index in [0.29, 0.717) is 12.0 Å². The summed E-state index contributed by atoms with van der Waals surface area (Å²) >= 11 is 5.14. The average molecular weight is 472 g/mol. The number of esters is 1. The van der Waals surface area contributed by atoms with Gasteiger partial charge in [-0.3, -0.25) is 4.79 Å². The fourth-order valence-corrected chi connectivity index (χ4v) is 4.09. The van der Waals surface area contributed by atoms with Crippen molar-refractivity contribution in [2.45, 2.75) is 12.5 Å². The number of methoxy groups -OCH3 is 1. The minimum atomic E-state index is -0.677.